The van der Waals surface area contributed by atoms with Crippen molar-refractivity contribution in [3.63, 3.8) is 0 Å². The normalized spacial score (nSPS) is 16.3. The Morgan fingerprint density at radius 2 is 2.00 bits per heavy atom. The average Bonchev–Trinajstić information content (AvgIpc) is 3.41. The molecule has 0 aliphatic carbocycles. The van der Waals surface area contributed by atoms with Crippen LogP contribution in [0.4, 0.5) is 5.69 Å². The van der Waals surface area contributed by atoms with Gasteiger partial charge in [-0.25, -0.2) is 4.68 Å². The topological polar surface area (TPSA) is 50.1 Å². The van der Waals surface area contributed by atoms with Crippen LogP contribution in [0.25, 0.3) is 0 Å². The molecule has 1 aliphatic heterocycles. The molecular formula is C21H27ClN6S. The lowest BCUT2D eigenvalue weighted by Crippen LogP contribution is -2.48. The van der Waals surface area contributed by atoms with E-state index in [0.29, 0.717) is 0 Å². The van der Waals surface area contributed by atoms with Crippen LogP contribution >= 0.6 is 22.9 Å². The minimum Gasteiger partial charge on any atom is -0.369 e. The van der Waals surface area contributed by atoms with Crippen molar-refractivity contribution in [1.29, 1.82) is 0 Å². The molecule has 1 aromatic carbocycles. The fourth-order valence-electron chi connectivity index (χ4n) is 4.06. The Morgan fingerprint density at radius 3 is 2.72 bits per heavy atom. The van der Waals surface area contributed by atoms with E-state index in [2.05, 4.69) is 68.8 Å². The highest BCUT2D eigenvalue weighted by atomic mass is 35.5. The lowest BCUT2D eigenvalue weighted by Gasteiger charge is -2.40. The zero-order chi connectivity index (χ0) is 20.2. The van der Waals surface area contributed by atoms with E-state index < -0.39 is 0 Å². The maximum atomic E-state index is 6.24. The van der Waals surface area contributed by atoms with E-state index in [1.165, 1.54) is 16.1 Å². The average molecular weight is 431 g/mol. The van der Waals surface area contributed by atoms with Crippen LogP contribution in [0.1, 0.15) is 42.1 Å². The maximum Gasteiger partial charge on any atom is 0.168 e. The summed E-state index contributed by atoms with van der Waals surface area (Å²) in [5, 5.41) is 15.6. The number of aryl methyl sites for hydroxylation is 1. The fourth-order valence-corrected chi connectivity index (χ4v) is 4.91. The molecule has 1 atom stereocenters. The molecule has 2 aromatic heterocycles. The predicted molar refractivity (Wildman–Crippen MR) is 119 cm³/mol. The van der Waals surface area contributed by atoms with Crippen molar-refractivity contribution in [3.05, 3.63) is 57.0 Å². The molecule has 0 radical (unpaired) electrons. The van der Waals surface area contributed by atoms with Crippen LogP contribution in [-0.2, 0) is 6.54 Å². The second kappa shape index (κ2) is 9.24. The van der Waals surface area contributed by atoms with E-state index in [-0.39, 0.29) is 6.04 Å². The maximum absolute atomic E-state index is 6.24. The van der Waals surface area contributed by atoms with Gasteiger partial charge in [0.05, 0.1) is 12.6 Å². The van der Waals surface area contributed by atoms with Gasteiger partial charge in [0.1, 0.15) is 0 Å². The Hall–Kier alpha value is -1.96. The van der Waals surface area contributed by atoms with E-state index in [9.17, 15) is 0 Å². The highest BCUT2D eigenvalue weighted by Gasteiger charge is 2.29. The van der Waals surface area contributed by atoms with E-state index in [1.807, 2.05) is 10.7 Å². The highest BCUT2D eigenvalue weighted by molar-refractivity contribution is 7.09. The number of benzene rings is 1. The Morgan fingerprint density at radius 1 is 1.17 bits per heavy atom. The smallest absolute Gasteiger partial charge is 0.168 e. The summed E-state index contributed by atoms with van der Waals surface area (Å²) in [5.74, 6) is 0.979. The van der Waals surface area contributed by atoms with Crippen molar-refractivity contribution in [3.8, 4) is 0 Å². The summed E-state index contributed by atoms with van der Waals surface area (Å²) in [7, 11) is 0. The summed E-state index contributed by atoms with van der Waals surface area (Å²) in [6, 6.07) is 10.6. The molecule has 6 nitrogen and oxygen atoms in total. The van der Waals surface area contributed by atoms with E-state index in [0.717, 1.165) is 56.4 Å². The lowest BCUT2D eigenvalue weighted by atomic mass is 10.1. The third kappa shape index (κ3) is 4.63. The standard InChI is InChI=1S/C21H27ClN6S/c1-3-5-19(21-23-24-25-28(21)15-18-6-4-13-29-18)26-9-11-27(12-10-26)20-14-17(22)8-7-16(20)2/h4,6-8,13-14,19H,3,5,9-12,15H2,1-2H3/t19-/m1/s1. The summed E-state index contributed by atoms with van der Waals surface area (Å²) in [6.07, 6.45) is 2.16. The first-order chi connectivity index (χ1) is 14.2. The van der Waals surface area contributed by atoms with Crippen molar-refractivity contribution < 1.29 is 0 Å². The Labute approximate surface area is 181 Å². The monoisotopic (exact) mass is 430 g/mol. The third-order valence-corrected chi connectivity index (χ3v) is 6.67. The number of halogens is 1. The van der Waals surface area contributed by atoms with Crippen molar-refractivity contribution in [1.82, 2.24) is 25.1 Å². The molecular weight excluding hydrogens is 404 g/mol. The molecule has 29 heavy (non-hydrogen) atoms. The molecule has 1 fully saturated rings. The molecule has 1 saturated heterocycles. The Balaban J connectivity index is 1.48. The van der Waals surface area contributed by atoms with Gasteiger partial charge in [0.2, 0.25) is 0 Å². The number of anilines is 1. The van der Waals surface area contributed by atoms with Crippen LogP contribution in [0, 0.1) is 6.92 Å². The van der Waals surface area contributed by atoms with Gasteiger partial charge in [-0.05, 0) is 52.9 Å². The van der Waals surface area contributed by atoms with Crippen LogP contribution in [0.15, 0.2) is 35.7 Å². The van der Waals surface area contributed by atoms with Gasteiger partial charge in [-0.15, -0.1) is 16.4 Å². The van der Waals surface area contributed by atoms with E-state index in [4.69, 9.17) is 11.6 Å². The SMILES string of the molecule is CCC[C@H](c1nnnn1Cc1cccs1)N1CCN(c2cc(Cl)ccc2C)CC1. The summed E-state index contributed by atoms with van der Waals surface area (Å²) >= 11 is 7.98. The first kappa shape index (κ1) is 20.3. The molecule has 154 valence electrons. The number of nitrogens with zero attached hydrogens (tertiary/aromatic N) is 6. The van der Waals surface area contributed by atoms with Gasteiger partial charge in [0, 0.05) is 41.8 Å². The third-order valence-electron chi connectivity index (χ3n) is 5.57. The summed E-state index contributed by atoms with van der Waals surface area (Å²) < 4.78 is 1.97. The number of hydrogen-bond donors (Lipinski definition) is 0. The van der Waals surface area contributed by atoms with Crippen LogP contribution in [0.3, 0.4) is 0 Å². The molecule has 0 bridgehead atoms. The van der Waals surface area contributed by atoms with Crippen LogP contribution in [-0.4, -0.2) is 51.3 Å². The first-order valence-corrected chi connectivity index (χ1v) is 11.4. The zero-order valence-corrected chi connectivity index (χ0v) is 18.5. The molecule has 0 spiro atoms. The van der Waals surface area contributed by atoms with Crippen molar-refractivity contribution in [2.24, 2.45) is 0 Å². The van der Waals surface area contributed by atoms with Gasteiger partial charge in [0.15, 0.2) is 5.82 Å². The number of piperazine rings is 1. The summed E-state index contributed by atoms with van der Waals surface area (Å²) in [5.41, 5.74) is 2.51. The van der Waals surface area contributed by atoms with E-state index >= 15 is 0 Å². The number of thiophene rings is 1. The Kier molecular flexibility index (Phi) is 6.47. The largest absolute Gasteiger partial charge is 0.369 e. The van der Waals surface area contributed by atoms with Gasteiger partial charge in [-0.2, -0.15) is 0 Å². The number of tetrazole rings is 1. The second-order valence-corrected chi connectivity index (χ2v) is 9.00. The van der Waals surface area contributed by atoms with Gasteiger partial charge in [-0.3, -0.25) is 4.90 Å². The summed E-state index contributed by atoms with van der Waals surface area (Å²) in [6.45, 7) is 9.05. The number of rotatable bonds is 7. The highest BCUT2D eigenvalue weighted by Crippen LogP contribution is 2.29. The van der Waals surface area contributed by atoms with Crippen molar-refractivity contribution in [2.75, 3.05) is 31.1 Å². The minimum atomic E-state index is 0.248. The molecule has 0 unspecified atom stereocenters. The molecule has 0 amide bonds. The van der Waals surface area contributed by atoms with E-state index in [1.54, 1.807) is 11.3 Å². The number of aromatic nitrogens is 4. The van der Waals surface area contributed by atoms with Gasteiger partial charge in [0.25, 0.3) is 0 Å². The first-order valence-electron chi connectivity index (χ1n) is 10.2. The fraction of sp³-hybridized carbons (Fsp3) is 0.476. The predicted octanol–water partition coefficient (Wildman–Crippen LogP) is 4.41. The molecule has 4 rings (SSSR count). The number of hydrogen-bond acceptors (Lipinski definition) is 6. The van der Waals surface area contributed by atoms with Crippen LogP contribution in [0.2, 0.25) is 5.02 Å². The van der Waals surface area contributed by atoms with Crippen LogP contribution < -0.4 is 4.90 Å². The van der Waals surface area contributed by atoms with Crippen LogP contribution in [0.5, 0.6) is 0 Å². The second-order valence-electron chi connectivity index (χ2n) is 7.53. The Bertz CT molecular complexity index is 917. The molecule has 1 aliphatic rings. The van der Waals surface area contributed by atoms with Crippen molar-refractivity contribution >= 4 is 28.6 Å². The van der Waals surface area contributed by atoms with Gasteiger partial charge >= 0.3 is 0 Å². The van der Waals surface area contributed by atoms with Gasteiger partial charge in [-0.1, -0.05) is 37.1 Å². The van der Waals surface area contributed by atoms with Crippen molar-refractivity contribution in [2.45, 2.75) is 39.3 Å². The molecule has 8 heteroatoms. The lowest BCUT2D eigenvalue weighted by molar-refractivity contribution is 0.164. The molecule has 3 aromatic rings. The van der Waals surface area contributed by atoms with Gasteiger partial charge < -0.3 is 4.90 Å². The quantitative estimate of drug-likeness (QED) is 0.555. The molecule has 3 heterocycles. The molecule has 0 N–H and O–H groups in total. The zero-order valence-electron chi connectivity index (χ0n) is 17.0. The minimum absolute atomic E-state index is 0.248. The summed E-state index contributed by atoms with van der Waals surface area (Å²) in [4.78, 5) is 6.25. The molecule has 0 saturated carbocycles.